The largest absolute Gasteiger partial charge is 0.470 e. The van der Waals surface area contributed by atoms with E-state index in [1.54, 1.807) is 37.6 Å². The molecule has 6 atom stereocenters. The summed E-state index contributed by atoms with van der Waals surface area (Å²) < 4.78 is 72.5. The highest BCUT2D eigenvalue weighted by Gasteiger charge is 2.44. The van der Waals surface area contributed by atoms with Crippen LogP contribution in [0, 0.1) is 0 Å². The summed E-state index contributed by atoms with van der Waals surface area (Å²) >= 11 is 0. The molecule has 7 rings (SSSR count). The maximum atomic E-state index is 12.6. The minimum atomic E-state index is -1.51. The predicted molar refractivity (Wildman–Crippen MR) is 239 cm³/mol. The number of rotatable bonds is 24. The van der Waals surface area contributed by atoms with Gasteiger partial charge in [0, 0.05) is 139 Å². The van der Waals surface area contributed by atoms with Crippen LogP contribution >= 0.6 is 0 Å². The third-order valence-electron chi connectivity index (χ3n) is 13.0. The summed E-state index contributed by atoms with van der Waals surface area (Å²) in [7, 11) is 0. The van der Waals surface area contributed by atoms with E-state index < -0.39 is 51.5 Å². The third kappa shape index (κ3) is 14.4. The number of ether oxygens (including phenoxy) is 12. The first-order valence-electron chi connectivity index (χ1n) is 23.4. The van der Waals surface area contributed by atoms with E-state index >= 15 is 0 Å². The fraction of sp³-hybridized carbons (Fsp3) is 0.750. The van der Waals surface area contributed by atoms with Gasteiger partial charge in [-0.1, -0.05) is 0 Å². The van der Waals surface area contributed by atoms with Crippen molar-refractivity contribution in [2.45, 2.75) is 132 Å². The van der Waals surface area contributed by atoms with Gasteiger partial charge in [0.05, 0.1) is 77.2 Å². The van der Waals surface area contributed by atoms with Crippen molar-refractivity contribution in [1.29, 1.82) is 0 Å². The van der Waals surface area contributed by atoms with E-state index in [0.717, 1.165) is 0 Å². The van der Waals surface area contributed by atoms with Gasteiger partial charge in [0.15, 0.2) is 0 Å². The van der Waals surface area contributed by atoms with Crippen molar-refractivity contribution in [1.82, 2.24) is 14.7 Å². The van der Waals surface area contributed by atoms with Gasteiger partial charge in [-0.25, -0.2) is 0 Å². The normalized spacial score (nSPS) is 36.1. The van der Waals surface area contributed by atoms with Crippen LogP contribution in [0.4, 0.5) is 0 Å². The first-order chi connectivity index (χ1) is 31.2. The van der Waals surface area contributed by atoms with Crippen LogP contribution in [0.2, 0.25) is 0 Å². The first-order valence-corrected chi connectivity index (χ1v) is 23.4. The lowest BCUT2D eigenvalue weighted by Crippen LogP contribution is -2.56. The Morgan fingerprint density at radius 3 is 0.652 bits per heavy atom. The Morgan fingerprint density at radius 1 is 0.348 bits per heavy atom. The maximum Gasteiger partial charge on any atom is 0.210 e. The van der Waals surface area contributed by atoms with Crippen LogP contribution < -0.4 is 0 Å². The van der Waals surface area contributed by atoms with Crippen molar-refractivity contribution in [2.24, 2.45) is 0 Å². The molecular weight excluding hydrogens is 859 g/mol. The highest BCUT2D eigenvalue weighted by Crippen LogP contribution is 2.33. The van der Waals surface area contributed by atoms with Gasteiger partial charge in [-0.15, -0.1) is 0 Å². The summed E-state index contributed by atoms with van der Waals surface area (Å²) in [5.41, 5.74) is -4.53. The van der Waals surface area contributed by atoms with Gasteiger partial charge in [-0.05, 0) is 36.5 Å². The molecule has 66 heavy (non-hydrogen) atoms. The fourth-order valence-electron chi connectivity index (χ4n) is 8.60. The Bertz CT molecular complexity index is 1430. The van der Waals surface area contributed by atoms with E-state index in [2.05, 4.69) is 14.7 Å². The molecule has 1 saturated heterocycles. The number of aliphatic hydroxyl groups is 3. The summed E-state index contributed by atoms with van der Waals surface area (Å²) in [6.07, 6.45) is 24.2. The lowest BCUT2D eigenvalue weighted by Gasteiger charge is -2.39. The van der Waals surface area contributed by atoms with Crippen molar-refractivity contribution >= 4 is 0 Å². The van der Waals surface area contributed by atoms with Crippen LogP contribution in [0.25, 0.3) is 0 Å². The quantitative estimate of drug-likeness (QED) is 0.126. The van der Waals surface area contributed by atoms with Crippen LogP contribution in [0.3, 0.4) is 0 Å². The van der Waals surface area contributed by atoms with Crippen LogP contribution in [0.1, 0.15) is 80.1 Å². The molecule has 3 N–H and O–H groups in total. The van der Waals surface area contributed by atoms with Gasteiger partial charge in [0.2, 0.25) is 34.7 Å². The molecular formula is C48H75N3O15. The number of hydrogen-bond donors (Lipinski definition) is 3. The van der Waals surface area contributed by atoms with Crippen molar-refractivity contribution in [3.8, 4) is 0 Å². The molecule has 0 aromatic heterocycles. The monoisotopic (exact) mass is 934 g/mol. The standard InChI is InChI=1S/C48H75N3O15/c1-40(13-7-25-55-40)61-34-46(52,35-62-41(2)14-8-26-56-41)31-49-19-21-50(32-47(53,36-63-42(3)15-9-27-57-42)37-64-43(4)16-10-28-58-43)23-24-51(22-20-49)33-48(54,38-65-44(5)17-11-29-59-44)39-66-45(6)18-12-30-60-45/h7-12,25-30,52-54H,13-24,31-39H2,1-6H3. The molecule has 0 aliphatic carbocycles. The van der Waals surface area contributed by atoms with Crippen molar-refractivity contribution in [3.05, 3.63) is 74.0 Å². The molecule has 1 fully saturated rings. The molecule has 0 radical (unpaired) electrons. The zero-order valence-corrected chi connectivity index (χ0v) is 39.9. The molecule has 0 aromatic rings. The molecule has 6 unspecified atom stereocenters. The number of nitrogens with zero attached hydrogens (tertiary/aromatic N) is 3. The van der Waals surface area contributed by atoms with E-state index in [0.29, 0.717) is 77.8 Å². The van der Waals surface area contributed by atoms with E-state index in [1.165, 1.54) is 0 Å². The zero-order chi connectivity index (χ0) is 47.1. The van der Waals surface area contributed by atoms with Crippen LogP contribution in [0.15, 0.2) is 74.0 Å². The van der Waals surface area contributed by atoms with Crippen molar-refractivity contribution in [2.75, 3.05) is 98.5 Å². The summed E-state index contributed by atoms with van der Waals surface area (Å²) in [6.45, 7) is 14.0. The molecule has 0 bridgehead atoms. The van der Waals surface area contributed by atoms with E-state index in [-0.39, 0.29) is 59.3 Å². The highest BCUT2D eigenvalue weighted by molar-refractivity contribution is 4.98. The SMILES string of the molecule is CC1(OCC(O)(COC2(C)CC=CO2)CN2CCN(CC(O)(COC3(C)CC=CO3)COC3(C)CC=CO3)CCN(CC(O)(COC3(C)CC=CO3)COC3(C)CC=CO3)CC2)CC=CO1. The molecule has 18 heteroatoms. The second kappa shape index (κ2) is 20.8. The average Bonchev–Trinajstić information content (AvgIpc) is 4.16. The molecule has 0 saturated carbocycles. The minimum Gasteiger partial charge on any atom is -0.470 e. The highest BCUT2D eigenvalue weighted by atomic mass is 16.7. The van der Waals surface area contributed by atoms with Crippen LogP contribution in [-0.2, 0) is 56.8 Å². The van der Waals surface area contributed by atoms with Crippen molar-refractivity contribution < 1.29 is 72.2 Å². The van der Waals surface area contributed by atoms with E-state index in [9.17, 15) is 15.3 Å². The molecule has 7 heterocycles. The van der Waals surface area contributed by atoms with E-state index in [4.69, 9.17) is 56.8 Å². The summed E-state index contributed by atoms with van der Waals surface area (Å²) in [6, 6.07) is 0. The number of hydrogen-bond acceptors (Lipinski definition) is 18. The van der Waals surface area contributed by atoms with Gasteiger partial charge in [-0.2, -0.15) is 0 Å². The molecule has 18 nitrogen and oxygen atoms in total. The Hall–Kier alpha value is -3.24. The Kier molecular flexibility index (Phi) is 15.9. The number of β-amino-alcohol motifs (C(OH)–C–C–N with tert-alkyl or cyclic N) is 3. The Morgan fingerprint density at radius 2 is 0.515 bits per heavy atom. The van der Waals surface area contributed by atoms with Gasteiger partial charge < -0.3 is 72.2 Å². The second-order valence-electron chi connectivity index (χ2n) is 20.2. The average molecular weight is 934 g/mol. The Labute approximate surface area is 390 Å². The smallest absolute Gasteiger partial charge is 0.210 e. The van der Waals surface area contributed by atoms with Gasteiger partial charge in [0.1, 0.15) is 16.8 Å². The van der Waals surface area contributed by atoms with Gasteiger partial charge >= 0.3 is 0 Å². The van der Waals surface area contributed by atoms with Gasteiger partial charge in [-0.3, -0.25) is 14.7 Å². The lowest BCUT2D eigenvalue weighted by molar-refractivity contribution is -0.250. The topological polar surface area (TPSA) is 181 Å². The summed E-state index contributed by atoms with van der Waals surface area (Å²) in [5, 5.41) is 37.7. The Balaban J connectivity index is 1.13. The zero-order valence-electron chi connectivity index (χ0n) is 39.9. The molecule has 372 valence electrons. The second-order valence-corrected chi connectivity index (χ2v) is 20.2. The molecule has 7 aliphatic heterocycles. The fourth-order valence-corrected chi connectivity index (χ4v) is 8.60. The first kappa shape index (κ1) is 50.6. The molecule has 7 aliphatic rings. The summed E-state index contributed by atoms with van der Waals surface area (Å²) in [4.78, 5) is 6.50. The van der Waals surface area contributed by atoms with Crippen molar-refractivity contribution in [3.63, 3.8) is 0 Å². The van der Waals surface area contributed by atoms with E-state index in [1.807, 2.05) is 78.0 Å². The lowest BCUT2D eigenvalue weighted by atomic mass is 10.0. The van der Waals surface area contributed by atoms with Crippen LogP contribution in [-0.4, -0.2) is 180 Å². The third-order valence-corrected chi connectivity index (χ3v) is 13.0. The summed E-state index contributed by atoms with van der Waals surface area (Å²) in [5.74, 6) is -5.62. The minimum absolute atomic E-state index is 0.0851. The molecule has 0 spiro atoms. The molecule has 0 aromatic carbocycles. The maximum absolute atomic E-state index is 12.6. The molecule has 0 amide bonds. The predicted octanol–water partition coefficient (Wildman–Crippen LogP) is 4.10. The van der Waals surface area contributed by atoms with Gasteiger partial charge in [0.25, 0.3) is 0 Å². The van der Waals surface area contributed by atoms with Crippen LogP contribution in [0.5, 0.6) is 0 Å².